The van der Waals surface area contributed by atoms with E-state index in [1.54, 1.807) is 26.0 Å². The molecule has 10 nitrogen and oxygen atoms in total. The zero-order valence-electron chi connectivity index (χ0n) is 25.2. The van der Waals surface area contributed by atoms with Crippen molar-refractivity contribution in [3.05, 3.63) is 71.5 Å². The number of nitrogens with zero attached hydrogens (tertiary/aromatic N) is 1. The number of benzene rings is 2. The molecule has 0 fully saturated rings. The largest absolute Gasteiger partial charge is 0.390 e. The molecule has 5 N–H and O–H groups in total. The molecular formula is C31H44FN5O5. The highest BCUT2D eigenvalue weighted by Crippen LogP contribution is 2.13. The third-order valence-corrected chi connectivity index (χ3v) is 6.67. The van der Waals surface area contributed by atoms with Crippen molar-refractivity contribution in [2.75, 3.05) is 6.54 Å². The van der Waals surface area contributed by atoms with Gasteiger partial charge in [-0.15, -0.1) is 0 Å². The Kier molecular flexibility index (Phi) is 13.6. The number of aliphatic hydroxyl groups is 1. The number of aliphatic hydroxyl groups excluding tert-OH is 1. The van der Waals surface area contributed by atoms with E-state index >= 15 is 0 Å². The summed E-state index contributed by atoms with van der Waals surface area (Å²) in [5, 5.41) is 21.2. The Morgan fingerprint density at radius 1 is 0.762 bits per heavy atom. The fraction of sp³-hybridized carbons (Fsp3) is 0.484. The van der Waals surface area contributed by atoms with E-state index in [9.17, 15) is 28.7 Å². The Labute approximate surface area is 247 Å². The summed E-state index contributed by atoms with van der Waals surface area (Å²) in [6.07, 6.45) is -0.907. The third kappa shape index (κ3) is 11.6. The molecule has 0 saturated carbocycles. The first kappa shape index (κ1) is 34.4. The lowest BCUT2D eigenvalue weighted by molar-refractivity contribution is -0.134. The molecule has 0 radical (unpaired) electrons. The maximum atomic E-state index is 13.6. The van der Waals surface area contributed by atoms with Crippen LogP contribution in [0.3, 0.4) is 0 Å². The van der Waals surface area contributed by atoms with Crippen molar-refractivity contribution in [1.82, 2.24) is 26.4 Å². The lowest BCUT2D eigenvalue weighted by Crippen LogP contribution is -2.59. The molecule has 2 aromatic carbocycles. The van der Waals surface area contributed by atoms with Crippen LogP contribution in [-0.2, 0) is 32.1 Å². The highest BCUT2D eigenvalue weighted by atomic mass is 19.1. The van der Waals surface area contributed by atoms with Crippen molar-refractivity contribution in [3.63, 3.8) is 0 Å². The van der Waals surface area contributed by atoms with E-state index in [2.05, 4.69) is 21.4 Å². The quantitative estimate of drug-likeness (QED) is 0.203. The Bertz CT molecular complexity index is 1180. The molecule has 0 aromatic heterocycles. The molecule has 0 aliphatic carbocycles. The number of nitrogens with one attached hydrogen (secondary N) is 4. The van der Waals surface area contributed by atoms with Crippen molar-refractivity contribution >= 4 is 23.6 Å². The molecule has 0 aliphatic rings. The summed E-state index contributed by atoms with van der Waals surface area (Å²) in [6, 6.07) is 12.6. The average molecular weight is 586 g/mol. The van der Waals surface area contributed by atoms with Gasteiger partial charge in [-0.2, -0.15) is 0 Å². The second-order valence-corrected chi connectivity index (χ2v) is 11.2. The fourth-order valence-electron chi connectivity index (χ4n) is 4.47. The van der Waals surface area contributed by atoms with E-state index in [1.165, 1.54) is 31.0 Å². The molecule has 4 unspecified atom stereocenters. The molecule has 4 amide bonds. The van der Waals surface area contributed by atoms with Crippen LogP contribution in [0.5, 0.6) is 0 Å². The Hall–Kier alpha value is -3.83. The highest BCUT2D eigenvalue weighted by molar-refractivity contribution is 5.87. The van der Waals surface area contributed by atoms with Gasteiger partial charge in [0.25, 0.3) is 5.91 Å². The van der Waals surface area contributed by atoms with E-state index in [0.29, 0.717) is 5.56 Å². The van der Waals surface area contributed by atoms with Gasteiger partial charge in [-0.1, -0.05) is 70.2 Å². The molecule has 0 saturated heterocycles. The van der Waals surface area contributed by atoms with Crippen LogP contribution >= 0.6 is 0 Å². The molecule has 0 bridgehead atoms. The standard InChI is InChI=1S/C31H44FN5O5/c1-19(2)28(33-21(5)38)30(41)35-26(16-23-10-8-7-9-11-23)27(40)18-37(17-24-12-14-25(32)15-13-24)36-31(42)29(20(3)4)34-22(6)39/h7-15,19-20,26-29,40H,16-18H2,1-6H3,(H,33,38)(H,34,39)(H,35,41)(H,36,42). The van der Waals surface area contributed by atoms with Gasteiger partial charge in [-0.05, 0) is 41.5 Å². The van der Waals surface area contributed by atoms with E-state index < -0.39 is 41.9 Å². The molecule has 230 valence electrons. The Morgan fingerprint density at radius 2 is 1.29 bits per heavy atom. The molecule has 0 aliphatic heterocycles. The first-order chi connectivity index (χ1) is 19.8. The summed E-state index contributed by atoms with van der Waals surface area (Å²) in [7, 11) is 0. The van der Waals surface area contributed by atoms with Crippen LogP contribution in [0, 0.1) is 17.7 Å². The third-order valence-electron chi connectivity index (χ3n) is 6.67. The molecule has 2 aromatic rings. The van der Waals surface area contributed by atoms with Gasteiger partial charge < -0.3 is 21.1 Å². The number of carbonyl (C=O) groups excluding carboxylic acids is 4. The minimum absolute atomic E-state index is 0.112. The minimum Gasteiger partial charge on any atom is -0.390 e. The predicted octanol–water partition coefficient (Wildman–Crippen LogP) is 2.07. The van der Waals surface area contributed by atoms with Crippen LogP contribution in [0.15, 0.2) is 54.6 Å². The monoisotopic (exact) mass is 585 g/mol. The zero-order valence-corrected chi connectivity index (χ0v) is 25.2. The molecule has 42 heavy (non-hydrogen) atoms. The number of hydrogen-bond acceptors (Lipinski definition) is 6. The SMILES string of the molecule is CC(=O)NC(C(=O)NC(Cc1ccccc1)C(O)CN(Cc1ccc(F)cc1)NC(=O)C(NC(C)=O)C(C)C)C(C)C. The summed E-state index contributed by atoms with van der Waals surface area (Å²) in [5.74, 6) is -2.49. The smallest absolute Gasteiger partial charge is 0.257 e. The first-order valence-electron chi connectivity index (χ1n) is 14.1. The second-order valence-electron chi connectivity index (χ2n) is 11.2. The van der Waals surface area contributed by atoms with Crippen LogP contribution in [0.4, 0.5) is 4.39 Å². The van der Waals surface area contributed by atoms with Gasteiger partial charge in [0, 0.05) is 26.9 Å². The van der Waals surface area contributed by atoms with Crippen molar-refractivity contribution in [3.8, 4) is 0 Å². The van der Waals surface area contributed by atoms with Crippen molar-refractivity contribution in [2.24, 2.45) is 11.8 Å². The topological polar surface area (TPSA) is 140 Å². The normalized spacial score (nSPS) is 14.2. The van der Waals surface area contributed by atoms with Crippen LogP contribution < -0.4 is 21.4 Å². The molecule has 4 atom stereocenters. The van der Waals surface area contributed by atoms with Gasteiger partial charge in [0.15, 0.2) is 0 Å². The number of hydrazine groups is 1. The van der Waals surface area contributed by atoms with Crippen molar-refractivity contribution < 1.29 is 28.7 Å². The zero-order chi connectivity index (χ0) is 31.4. The van der Waals surface area contributed by atoms with Crippen molar-refractivity contribution in [1.29, 1.82) is 0 Å². The maximum absolute atomic E-state index is 13.6. The number of halogens is 1. The summed E-state index contributed by atoms with van der Waals surface area (Å²) in [6.45, 7) is 9.87. The van der Waals surface area contributed by atoms with Crippen molar-refractivity contribution in [2.45, 2.75) is 78.7 Å². The van der Waals surface area contributed by atoms with Gasteiger partial charge >= 0.3 is 0 Å². The second kappa shape index (κ2) is 16.6. The highest BCUT2D eigenvalue weighted by Gasteiger charge is 2.31. The molecule has 0 spiro atoms. The fourth-order valence-corrected chi connectivity index (χ4v) is 4.47. The number of amides is 4. The molecule has 0 heterocycles. The average Bonchev–Trinajstić information content (AvgIpc) is 2.91. The number of rotatable bonds is 15. The predicted molar refractivity (Wildman–Crippen MR) is 158 cm³/mol. The number of carbonyl (C=O) groups is 4. The van der Waals surface area contributed by atoms with Gasteiger partial charge in [-0.25, -0.2) is 9.40 Å². The van der Waals surface area contributed by atoms with Gasteiger partial charge in [-0.3, -0.25) is 24.6 Å². The minimum atomic E-state index is -1.18. The molecule has 2 rings (SSSR count). The Morgan fingerprint density at radius 3 is 1.79 bits per heavy atom. The van der Waals surface area contributed by atoms with Crippen LogP contribution in [-0.4, -0.2) is 64.5 Å². The van der Waals surface area contributed by atoms with E-state index in [4.69, 9.17) is 0 Å². The first-order valence-corrected chi connectivity index (χ1v) is 14.1. The Balaban J connectivity index is 2.35. The van der Waals surface area contributed by atoms with Crippen LogP contribution in [0.2, 0.25) is 0 Å². The summed E-state index contributed by atoms with van der Waals surface area (Å²) < 4.78 is 13.6. The number of hydrogen-bond donors (Lipinski definition) is 5. The van der Waals surface area contributed by atoms with Gasteiger partial charge in [0.1, 0.15) is 17.9 Å². The van der Waals surface area contributed by atoms with E-state index in [-0.39, 0.29) is 43.2 Å². The summed E-state index contributed by atoms with van der Waals surface area (Å²) in [5.41, 5.74) is 4.32. The lowest BCUT2D eigenvalue weighted by atomic mass is 9.98. The molecular weight excluding hydrogens is 541 g/mol. The molecule has 11 heteroatoms. The van der Waals surface area contributed by atoms with Crippen LogP contribution in [0.25, 0.3) is 0 Å². The summed E-state index contributed by atoms with van der Waals surface area (Å²) in [4.78, 5) is 50.0. The van der Waals surface area contributed by atoms with Gasteiger partial charge in [0.2, 0.25) is 17.7 Å². The maximum Gasteiger partial charge on any atom is 0.257 e. The van der Waals surface area contributed by atoms with E-state index in [0.717, 1.165) is 5.56 Å². The summed E-state index contributed by atoms with van der Waals surface area (Å²) >= 11 is 0. The van der Waals surface area contributed by atoms with E-state index in [1.807, 2.05) is 44.2 Å². The van der Waals surface area contributed by atoms with Crippen LogP contribution in [0.1, 0.15) is 52.7 Å². The van der Waals surface area contributed by atoms with Gasteiger partial charge in [0.05, 0.1) is 12.1 Å². The lowest BCUT2D eigenvalue weighted by Gasteiger charge is -2.33.